The van der Waals surface area contributed by atoms with Gasteiger partial charge in [-0.2, -0.15) is 0 Å². The number of hydrogen-bond acceptors (Lipinski definition) is 5. The van der Waals surface area contributed by atoms with Gasteiger partial charge in [0, 0.05) is 19.3 Å². The highest BCUT2D eigenvalue weighted by molar-refractivity contribution is 5.95. The Morgan fingerprint density at radius 2 is 2.09 bits per heavy atom. The molecule has 0 aromatic heterocycles. The molecule has 0 aliphatic carbocycles. The SMILES string of the molecule is COc1cc(C(=O)NC2CCOCC2OC)ccc1OC(C)C. The van der Waals surface area contributed by atoms with E-state index in [1.54, 1.807) is 32.4 Å². The van der Waals surface area contributed by atoms with Gasteiger partial charge in [0.2, 0.25) is 0 Å². The minimum absolute atomic E-state index is 0.0354. The molecule has 128 valence electrons. The molecular formula is C17H25NO5. The van der Waals surface area contributed by atoms with Crippen LogP contribution in [0.5, 0.6) is 11.5 Å². The van der Waals surface area contributed by atoms with Gasteiger partial charge in [0.1, 0.15) is 6.10 Å². The minimum Gasteiger partial charge on any atom is -0.493 e. The quantitative estimate of drug-likeness (QED) is 0.867. The molecule has 1 heterocycles. The molecule has 0 spiro atoms. The van der Waals surface area contributed by atoms with Crippen molar-refractivity contribution in [1.29, 1.82) is 0 Å². The molecule has 1 aliphatic heterocycles. The Hall–Kier alpha value is -1.79. The number of carbonyl (C=O) groups excluding carboxylic acids is 1. The first kappa shape index (κ1) is 17.6. The van der Waals surface area contributed by atoms with Gasteiger partial charge in [-0.1, -0.05) is 0 Å². The molecule has 0 saturated carbocycles. The summed E-state index contributed by atoms with van der Waals surface area (Å²) >= 11 is 0. The summed E-state index contributed by atoms with van der Waals surface area (Å²) in [4.78, 5) is 12.5. The first-order valence-corrected chi connectivity index (χ1v) is 7.81. The third kappa shape index (κ3) is 4.59. The third-order valence-corrected chi connectivity index (χ3v) is 3.71. The van der Waals surface area contributed by atoms with Crippen molar-refractivity contribution in [2.45, 2.75) is 38.5 Å². The Morgan fingerprint density at radius 3 is 2.74 bits per heavy atom. The van der Waals surface area contributed by atoms with E-state index in [0.717, 1.165) is 6.42 Å². The highest BCUT2D eigenvalue weighted by atomic mass is 16.5. The average Bonchev–Trinajstić information content (AvgIpc) is 2.55. The van der Waals surface area contributed by atoms with E-state index in [1.165, 1.54) is 0 Å². The van der Waals surface area contributed by atoms with Crippen molar-refractivity contribution in [2.24, 2.45) is 0 Å². The standard InChI is InChI=1S/C17H25NO5/c1-11(2)23-14-6-5-12(9-15(14)20-3)17(19)18-13-7-8-22-10-16(13)21-4/h5-6,9,11,13,16H,7-8,10H2,1-4H3,(H,18,19). The maximum atomic E-state index is 12.5. The van der Waals surface area contributed by atoms with Gasteiger partial charge in [0.15, 0.2) is 11.5 Å². The van der Waals surface area contributed by atoms with Crippen LogP contribution in [0.25, 0.3) is 0 Å². The van der Waals surface area contributed by atoms with E-state index < -0.39 is 0 Å². The fourth-order valence-electron chi connectivity index (χ4n) is 2.52. The number of ether oxygens (including phenoxy) is 4. The first-order valence-electron chi connectivity index (χ1n) is 7.81. The lowest BCUT2D eigenvalue weighted by molar-refractivity contribution is -0.0479. The summed E-state index contributed by atoms with van der Waals surface area (Å²) in [6.07, 6.45) is 0.641. The van der Waals surface area contributed by atoms with E-state index in [0.29, 0.717) is 30.3 Å². The van der Waals surface area contributed by atoms with Crippen molar-refractivity contribution in [3.63, 3.8) is 0 Å². The lowest BCUT2D eigenvalue weighted by Crippen LogP contribution is -2.49. The number of carbonyl (C=O) groups is 1. The third-order valence-electron chi connectivity index (χ3n) is 3.71. The summed E-state index contributed by atoms with van der Waals surface area (Å²) in [5, 5.41) is 3.01. The van der Waals surface area contributed by atoms with E-state index in [9.17, 15) is 4.79 Å². The molecule has 2 rings (SSSR count). The van der Waals surface area contributed by atoms with E-state index in [-0.39, 0.29) is 24.2 Å². The zero-order valence-electron chi connectivity index (χ0n) is 14.1. The largest absolute Gasteiger partial charge is 0.493 e. The second-order valence-electron chi connectivity index (χ2n) is 5.75. The lowest BCUT2D eigenvalue weighted by Gasteiger charge is -2.31. The van der Waals surface area contributed by atoms with Crippen molar-refractivity contribution < 1.29 is 23.7 Å². The van der Waals surface area contributed by atoms with Crippen LogP contribution in [-0.4, -0.2) is 51.6 Å². The van der Waals surface area contributed by atoms with Crippen molar-refractivity contribution in [1.82, 2.24) is 5.32 Å². The minimum atomic E-state index is -0.159. The van der Waals surface area contributed by atoms with Gasteiger partial charge in [0.25, 0.3) is 5.91 Å². The Labute approximate surface area is 137 Å². The number of nitrogens with one attached hydrogen (secondary N) is 1. The number of rotatable bonds is 6. The van der Waals surface area contributed by atoms with Gasteiger partial charge in [-0.25, -0.2) is 0 Å². The van der Waals surface area contributed by atoms with Gasteiger partial charge < -0.3 is 24.3 Å². The predicted molar refractivity (Wildman–Crippen MR) is 86.2 cm³/mol. The maximum Gasteiger partial charge on any atom is 0.251 e. The number of benzene rings is 1. The van der Waals surface area contributed by atoms with Gasteiger partial charge >= 0.3 is 0 Å². The molecule has 1 N–H and O–H groups in total. The Bertz CT molecular complexity index is 532. The summed E-state index contributed by atoms with van der Waals surface area (Å²) in [7, 11) is 3.18. The van der Waals surface area contributed by atoms with Crippen LogP contribution >= 0.6 is 0 Å². The van der Waals surface area contributed by atoms with Crippen LogP contribution in [0.3, 0.4) is 0 Å². The molecule has 2 unspecified atom stereocenters. The van der Waals surface area contributed by atoms with Crippen molar-refractivity contribution >= 4 is 5.91 Å². The molecule has 2 atom stereocenters. The summed E-state index contributed by atoms with van der Waals surface area (Å²) in [6.45, 7) is 4.99. The van der Waals surface area contributed by atoms with E-state index in [4.69, 9.17) is 18.9 Å². The first-order chi connectivity index (χ1) is 11.0. The highest BCUT2D eigenvalue weighted by Gasteiger charge is 2.27. The summed E-state index contributed by atoms with van der Waals surface area (Å²) in [5.41, 5.74) is 0.527. The van der Waals surface area contributed by atoms with Crippen LogP contribution in [0.4, 0.5) is 0 Å². The molecule has 1 aromatic carbocycles. The summed E-state index contributed by atoms with van der Waals surface area (Å²) < 4.78 is 21.7. The molecule has 1 amide bonds. The molecule has 6 nitrogen and oxygen atoms in total. The van der Waals surface area contributed by atoms with Gasteiger partial charge in [0.05, 0.1) is 25.9 Å². The zero-order chi connectivity index (χ0) is 16.8. The normalized spacial score (nSPS) is 21.1. The van der Waals surface area contributed by atoms with Gasteiger partial charge in [-0.3, -0.25) is 4.79 Å². The van der Waals surface area contributed by atoms with Crippen molar-refractivity contribution in [3.8, 4) is 11.5 Å². The zero-order valence-corrected chi connectivity index (χ0v) is 14.1. The van der Waals surface area contributed by atoms with E-state index in [1.807, 2.05) is 13.8 Å². The molecule has 1 fully saturated rings. The summed E-state index contributed by atoms with van der Waals surface area (Å²) in [6, 6.07) is 5.12. The average molecular weight is 323 g/mol. The molecule has 1 aliphatic rings. The number of hydrogen-bond donors (Lipinski definition) is 1. The van der Waals surface area contributed by atoms with E-state index in [2.05, 4.69) is 5.32 Å². The Morgan fingerprint density at radius 1 is 1.30 bits per heavy atom. The molecule has 23 heavy (non-hydrogen) atoms. The molecular weight excluding hydrogens is 298 g/mol. The highest BCUT2D eigenvalue weighted by Crippen LogP contribution is 2.29. The monoisotopic (exact) mass is 323 g/mol. The maximum absolute atomic E-state index is 12.5. The van der Waals surface area contributed by atoms with Crippen LogP contribution in [0.15, 0.2) is 18.2 Å². The van der Waals surface area contributed by atoms with Crippen molar-refractivity contribution in [3.05, 3.63) is 23.8 Å². The summed E-state index contributed by atoms with van der Waals surface area (Å²) in [5.74, 6) is 1.01. The van der Waals surface area contributed by atoms with E-state index >= 15 is 0 Å². The van der Waals surface area contributed by atoms with Crippen LogP contribution in [0, 0.1) is 0 Å². The second-order valence-corrected chi connectivity index (χ2v) is 5.75. The number of methoxy groups -OCH3 is 2. The van der Waals surface area contributed by atoms with Crippen LogP contribution in [0.1, 0.15) is 30.6 Å². The van der Waals surface area contributed by atoms with Crippen LogP contribution < -0.4 is 14.8 Å². The Kier molecular flexibility index (Phi) is 6.24. The molecule has 1 saturated heterocycles. The topological polar surface area (TPSA) is 66.0 Å². The van der Waals surface area contributed by atoms with Crippen molar-refractivity contribution in [2.75, 3.05) is 27.4 Å². The molecule has 1 aromatic rings. The smallest absolute Gasteiger partial charge is 0.251 e. The molecule has 0 bridgehead atoms. The van der Waals surface area contributed by atoms with Gasteiger partial charge in [-0.05, 0) is 38.5 Å². The number of amides is 1. The fourth-order valence-corrected chi connectivity index (χ4v) is 2.52. The second kappa shape index (κ2) is 8.17. The fraction of sp³-hybridized carbons (Fsp3) is 0.588. The van der Waals surface area contributed by atoms with Gasteiger partial charge in [-0.15, -0.1) is 0 Å². The molecule has 0 radical (unpaired) electrons. The van der Waals surface area contributed by atoms with Crippen LogP contribution in [0.2, 0.25) is 0 Å². The van der Waals surface area contributed by atoms with Crippen LogP contribution in [-0.2, 0) is 9.47 Å². The predicted octanol–water partition coefficient (Wildman–Crippen LogP) is 2.02. The Balaban J connectivity index is 2.09. The lowest BCUT2D eigenvalue weighted by atomic mass is 10.1. The molecule has 6 heteroatoms.